The van der Waals surface area contributed by atoms with E-state index < -0.39 is 4.92 Å². The maximum Gasteiger partial charge on any atom is 0.269 e. The van der Waals surface area contributed by atoms with Crippen molar-refractivity contribution in [2.45, 2.75) is 6.92 Å². The lowest BCUT2D eigenvalue weighted by atomic mass is 10.2. The number of rotatable bonds is 3. The fraction of sp³-hybridized carbons (Fsp3) is 0.0714. The number of aryl methyl sites for hydroxylation is 1. The molecule has 100 valence electrons. The summed E-state index contributed by atoms with van der Waals surface area (Å²) in [5.74, 6) is 0.756. The third kappa shape index (κ3) is 2.71. The molecule has 0 aromatic heterocycles. The smallest absolute Gasteiger partial charge is 0.269 e. The molecule has 0 heterocycles. The molecule has 0 N–H and O–H groups in total. The highest BCUT2D eigenvalue weighted by molar-refractivity contribution is 6.31. The largest absolute Gasteiger partial charge is 0.456 e. The predicted octanol–water partition coefficient (Wildman–Crippen LogP) is 4.22. The molecule has 2 aromatic rings. The quantitative estimate of drug-likeness (QED) is 0.626. The average Bonchev–Trinajstić information content (AvgIpc) is 2.41. The summed E-state index contributed by atoms with van der Waals surface area (Å²) in [7, 11) is 0. The zero-order valence-electron chi connectivity index (χ0n) is 10.5. The summed E-state index contributed by atoms with van der Waals surface area (Å²) in [6.45, 7) is 1.69. The molecule has 0 spiro atoms. The van der Waals surface area contributed by atoms with Gasteiger partial charge >= 0.3 is 0 Å². The minimum atomic E-state index is -0.475. The van der Waals surface area contributed by atoms with E-state index in [1.165, 1.54) is 18.2 Å². The number of halogens is 1. The van der Waals surface area contributed by atoms with Gasteiger partial charge in [-0.2, -0.15) is 5.26 Å². The number of hydrogen-bond acceptors (Lipinski definition) is 4. The van der Waals surface area contributed by atoms with Crippen LogP contribution in [0.1, 0.15) is 11.1 Å². The fourth-order valence-electron chi connectivity index (χ4n) is 1.68. The molecule has 2 rings (SSSR count). The van der Waals surface area contributed by atoms with Gasteiger partial charge in [0.05, 0.1) is 9.95 Å². The number of ether oxygens (including phenoxy) is 1. The molecule has 0 saturated carbocycles. The lowest BCUT2D eigenvalue weighted by Gasteiger charge is -2.10. The summed E-state index contributed by atoms with van der Waals surface area (Å²) < 4.78 is 5.62. The van der Waals surface area contributed by atoms with Crippen molar-refractivity contribution in [3.8, 4) is 17.6 Å². The van der Waals surface area contributed by atoms with Crippen molar-refractivity contribution in [3.05, 3.63) is 62.7 Å². The highest BCUT2D eigenvalue weighted by atomic mass is 35.5. The van der Waals surface area contributed by atoms with Gasteiger partial charge in [0.1, 0.15) is 23.1 Å². The summed E-state index contributed by atoms with van der Waals surface area (Å²) >= 11 is 5.91. The number of nitro benzene ring substituents is 1. The topological polar surface area (TPSA) is 76.2 Å². The summed E-state index contributed by atoms with van der Waals surface area (Å²) in [4.78, 5) is 10.2. The Labute approximate surface area is 120 Å². The van der Waals surface area contributed by atoms with Gasteiger partial charge in [0.2, 0.25) is 0 Å². The number of hydrogen-bond donors (Lipinski definition) is 0. The Morgan fingerprint density at radius 3 is 2.65 bits per heavy atom. The third-order valence-corrected chi connectivity index (χ3v) is 2.99. The van der Waals surface area contributed by atoms with Crippen LogP contribution in [-0.2, 0) is 0 Å². The number of nitrogens with zero attached hydrogens (tertiary/aromatic N) is 2. The molecule has 0 aliphatic carbocycles. The van der Waals surface area contributed by atoms with E-state index in [0.717, 1.165) is 0 Å². The van der Waals surface area contributed by atoms with Crippen LogP contribution in [0.2, 0.25) is 5.02 Å². The van der Waals surface area contributed by atoms with E-state index in [0.29, 0.717) is 22.1 Å². The Balaban J connectivity index is 2.39. The van der Waals surface area contributed by atoms with Crippen LogP contribution in [0.3, 0.4) is 0 Å². The molecule has 0 amide bonds. The maximum atomic E-state index is 10.7. The summed E-state index contributed by atoms with van der Waals surface area (Å²) in [5, 5.41) is 20.0. The van der Waals surface area contributed by atoms with E-state index in [9.17, 15) is 10.1 Å². The molecule has 0 unspecified atom stereocenters. The van der Waals surface area contributed by atoms with Gasteiger partial charge < -0.3 is 4.74 Å². The van der Waals surface area contributed by atoms with E-state index in [1.54, 1.807) is 25.1 Å². The van der Waals surface area contributed by atoms with E-state index >= 15 is 0 Å². The maximum absolute atomic E-state index is 10.7. The molecule has 0 radical (unpaired) electrons. The van der Waals surface area contributed by atoms with E-state index in [2.05, 4.69) is 0 Å². The first kappa shape index (κ1) is 13.8. The van der Waals surface area contributed by atoms with Crippen LogP contribution in [-0.4, -0.2) is 4.92 Å². The molecule has 6 heteroatoms. The first-order valence-electron chi connectivity index (χ1n) is 5.64. The van der Waals surface area contributed by atoms with Crippen LogP contribution in [0.25, 0.3) is 0 Å². The predicted molar refractivity (Wildman–Crippen MR) is 74.1 cm³/mol. The van der Waals surface area contributed by atoms with Crippen LogP contribution in [0, 0.1) is 28.4 Å². The van der Waals surface area contributed by atoms with Crippen LogP contribution in [0.4, 0.5) is 5.69 Å². The molecule has 5 nitrogen and oxygen atoms in total. The Morgan fingerprint density at radius 1 is 1.30 bits per heavy atom. The van der Waals surface area contributed by atoms with Crippen LogP contribution < -0.4 is 4.74 Å². The minimum Gasteiger partial charge on any atom is -0.456 e. The summed E-state index contributed by atoms with van der Waals surface area (Å²) in [5.41, 5.74) is 0.816. The van der Waals surface area contributed by atoms with Crippen molar-refractivity contribution < 1.29 is 9.66 Å². The Morgan fingerprint density at radius 2 is 2.05 bits per heavy atom. The molecule has 20 heavy (non-hydrogen) atoms. The molecule has 0 aliphatic rings. The molecular formula is C14H9ClN2O3. The zero-order valence-corrected chi connectivity index (χ0v) is 11.2. The molecule has 0 bridgehead atoms. The van der Waals surface area contributed by atoms with Crippen molar-refractivity contribution in [2.24, 2.45) is 0 Å². The first-order valence-corrected chi connectivity index (χ1v) is 6.02. The number of nitriles is 1. The average molecular weight is 289 g/mol. The Kier molecular flexibility index (Phi) is 3.87. The van der Waals surface area contributed by atoms with Crippen molar-refractivity contribution >= 4 is 17.3 Å². The van der Waals surface area contributed by atoms with E-state index in [-0.39, 0.29) is 11.3 Å². The van der Waals surface area contributed by atoms with Crippen molar-refractivity contribution in [1.82, 2.24) is 0 Å². The van der Waals surface area contributed by atoms with Crippen LogP contribution in [0.15, 0.2) is 36.4 Å². The zero-order chi connectivity index (χ0) is 14.7. The second kappa shape index (κ2) is 5.59. The Hall–Kier alpha value is -2.58. The van der Waals surface area contributed by atoms with Crippen LogP contribution >= 0.6 is 11.6 Å². The van der Waals surface area contributed by atoms with Gasteiger partial charge in [-0.25, -0.2) is 0 Å². The summed E-state index contributed by atoms with van der Waals surface area (Å²) in [6, 6.07) is 11.1. The number of non-ortho nitro benzene ring substituents is 1. The second-order valence-corrected chi connectivity index (χ2v) is 4.44. The van der Waals surface area contributed by atoms with Gasteiger partial charge in [0, 0.05) is 12.1 Å². The van der Waals surface area contributed by atoms with Gasteiger partial charge in [0.15, 0.2) is 0 Å². The number of nitro groups is 1. The Bertz CT molecular complexity index is 723. The van der Waals surface area contributed by atoms with Crippen molar-refractivity contribution in [2.75, 3.05) is 0 Å². The normalized spacial score (nSPS) is 9.85. The molecule has 0 saturated heterocycles. The molecule has 0 atom stereocenters. The monoisotopic (exact) mass is 288 g/mol. The third-order valence-electron chi connectivity index (χ3n) is 2.68. The highest BCUT2D eigenvalue weighted by Crippen LogP contribution is 2.32. The molecule has 0 aliphatic heterocycles. The molecule has 2 aromatic carbocycles. The highest BCUT2D eigenvalue weighted by Gasteiger charge is 2.12. The van der Waals surface area contributed by atoms with Crippen molar-refractivity contribution in [1.29, 1.82) is 5.26 Å². The minimum absolute atomic E-state index is 0.0125. The second-order valence-electron chi connectivity index (χ2n) is 4.03. The van der Waals surface area contributed by atoms with Gasteiger partial charge in [0.25, 0.3) is 5.69 Å². The summed E-state index contributed by atoms with van der Waals surface area (Å²) in [6.07, 6.45) is 0. The first-order chi connectivity index (χ1) is 9.52. The fourth-order valence-corrected chi connectivity index (χ4v) is 1.89. The van der Waals surface area contributed by atoms with Gasteiger partial charge in [-0.1, -0.05) is 17.7 Å². The number of benzene rings is 2. The van der Waals surface area contributed by atoms with Gasteiger partial charge in [-0.15, -0.1) is 0 Å². The van der Waals surface area contributed by atoms with E-state index in [4.69, 9.17) is 21.6 Å². The van der Waals surface area contributed by atoms with Gasteiger partial charge in [-0.05, 0) is 30.7 Å². The van der Waals surface area contributed by atoms with Crippen molar-refractivity contribution in [3.63, 3.8) is 0 Å². The van der Waals surface area contributed by atoms with Crippen LogP contribution in [0.5, 0.6) is 11.5 Å². The SMILES string of the molecule is Cc1cc([N+](=O)[O-])ccc1Oc1cccc(Cl)c1C#N. The van der Waals surface area contributed by atoms with E-state index in [1.807, 2.05) is 6.07 Å². The lowest BCUT2D eigenvalue weighted by molar-refractivity contribution is -0.384. The van der Waals surface area contributed by atoms with Gasteiger partial charge in [-0.3, -0.25) is 10.1 Å². The molecule has 0 fully saturated rings. The lowest BCUT2D eigenvalue weighted by Crippen LogP contribution is -1.93. The standard InChI is InChI=1S/C14H9ClN2O3/c1-9-7-10(17(18)19)5-6-13(9)20-14-4-2-3-12(15)11(14)8-16/h2-7H,1H3. The molecular weight excluding hydrogens is 280 g/mol.